The van der Waals surface area contributed by atoms with Crippen LogP contribution in [0.15, 0.2) is 23.1 Å². The highest BCUT2D eigenvalue weighted by molar-refractivity contribution is 7.98. The van der Waals surface area contributed by atoms with Crippen LogP contribution >= 0.6 is 11.8 Å². The van der Waals surface area contributed by atoms with Gasteiger partial charge in [0.2, 0.25) is 10.0 Å². The second-order valence-electron chi connectivity index (χ2n) is 3.69. The van der Waals surface area contributed by atoms with Crippen molar-refractivity contribution in [1.82, 2.24) is 0 Å². The van der Waals surface area contributed by atoms with Crippen LogP contribution in [0.5, 0.6) is 0 Å². The van der Waals surface area contributed by atoms with E-state index < -0.39 is 10.0 Å². The minimum atomic E-state index is -3.75. The van der Waals surface area contributed by atoms with Crippen LogP contribution in [-0.4, -0.2) is 34.0 Å². The normalized spacial score (nSPS) is 11.5. The van der Waals surface area contributed by atoms with Crippen molar-refractivity contribution >= 4 is 33.2 Å². The Morgan fingerprint density at radius 3 is 2.59 bits per heavy atom. The van der Waals surface area contributed by atoms with Crippen LogP contribution in [0.1, 0.15) is 0 Å². The van der Waals surface area contributed by atoms with Crippen molar-refractivity contribution in [1.29, 1.82) is 0 Å². The number of nitrogens with two attached hydrogens (primary N) is 2. The molecule has 96 valence electrons. The lowest BCUT2D eigenvalue weighted by Gasteiger charge is -2.21. The summed E-state index contributed by atoms with van der Waals surface area (Å²) in [5, 5.41) is 5.18. The van der Waals surface area contributed by atoms with Gasteiger partial charge in [-0.25, -0.2) is 13.6 Å². The molecule has 0 atom stereocenters. The Kier molecular flexibility index (Phi) is 4.67. The molecule has 5 nitrogen and oxygen atoms in total. The maximum atomic E-state index is 11.5. The van der Waals surface area contributed by atoms with Crippen molar-refractivity contribution in [3.63, 3.8) is 0 Å². The van der Waals surface area contributed by atoms with E-state index in [2.05, 4.69) is 0 Å². The molecule has 0 aliphatic carbocycles. The molecule has 4 N–H and O–H groups in total. The molecule has 0 aliphatic heterocycles. The number of primary sulfonamides is 1. The molecule has 1 rings (SSSR count). The highest BCUT2D eigenvalue weighted by atomic mass is 32.2. The van der Waals surface area contributed by atoms with Crippen LogP contribution in [0.2, 0.25) is 0 Å². The summed E-state index contributed by atoms with van der Waals surface area (Å²) in [4.78, 5) is 1.93. The van der Waals surface area contributed by atoms with Crippen LogP contribution in [0, 0.1) is 0 Å². The third-order valence-corrected chi connectivity index (χ3v) is 3.86. The molecule has 0 fully saturated rings. The van der Waals surface area contributed by atoms with E-state index in [0.717, 1.165) is 12.3 Å². The van der Waals surface area contributed by atoms with Crippen LogP contribution in [0.25, 0.3) is 0 Å². The van der Waals surface area contributed by atoms with E-state index in [9.17, 15) is 8.42 Å². The van der Waals surface area contributed by atoms with Gasteiger partial charge in [0, 0.05) is 25.0 Å². The van der Waals surface area contributed by atoms with Gasteiger partial charge in [0.25, 0.3) is 0 Å². The summed E-state index contributed by atoms with van der Waals surface area (Å²) in [5.74, 6) is 0.908. The Hall–Kier alpha value is -0.920. The van der Waals surface area contributed by atoms with Crippen molar-refractivity contribution < 1.29 is 8.42 Å². The first-order valence-corrected chi connectivity index (χ1v) is 7.92. The molecule has 0 saturated heterocycles. The quantitative estimate of drug-likeness (QED) is 0.773. The van der Waals surface area contributed by atoms with E-state index in [1.54, 1.807) is 23.9 Å². The summed E-state index contributed by atoms with van der Waals surface area (Å²) >= 11 is 1.69. The average Bonchev–Trinajstić information content (AvgIpc) is 2.24. The molecule has 0 bridgehead atoms. The SMILES string of the molecule is CSCCN(C)c1ccc(N)cc1S(N)(=O)=O. The fourth-order valence-corrected chi connectivity index (χ4v) is 2.69. The first-order valence-electron chi connectivity index (χ1n) is 4.98. The van der Waals surface area contributed by atoms with Gasteiger partial charge in [-0.1, -0.05) is 0 Å². The van der Waals surface area contributed by atoms with Crippen molar-refractivity contribution in [3.05, 3.63) is 18.2 Å². The zero-order valence-corrected chi connectivity index (χ0v) is 11.5. The standard InChI is InChI=1S/C10H17N3O2S2/c1-13(5-6-16-2)9-4-3-8(11)7-10(9)17(12,14)15/h3-4,7H,5-6,11H2,1-2H3,(H2,12,14,15). The van der Waals surface area contributed by atoms with Crippen LogP contribution in [0.3, 0.4) is 0 Å². The van der Waals surface area contributed by atoms with Crippen LogP contribution < -0.4 is 15.8 Å². The largest absolute Gasteiger partial charge is 0.399 e. The van der Waals surface area contributed by atoms with Crippen molar-refractivity contribution in [3.8, 4) is 0 Å². The summed E-state index contributed by atoms with van der Waals surface area (Å²) in [6.07, 6.45) is 2.00. The molecule has 0 radical (unpaired) electrons. The fraction of sp³-hybridized carbons (Fsp3) is 0.400. The maximum Gasteiger partial charge on any atom is 0.240 e. The molecule has 0 amide bonds. The Balaban J connectivity index is 3.15. The average molecular weight is 275 g/mol. The van der Waals surface area contributed by atoms with Gasteiger partial charge in [0.05, 0.1) is 5.69 Å². The molecule has 0 heterocycles. The van der Waals surface area contributed by atoms with E-state index in [-0.39, 0.29) is 4.90 Å². The number of benzene rings is 1. The number of nitrogen functional groups attached to an aromatic ring is 1. The molecular formula is C10H17N3O2S2. The van der Waals surface area contributed by atoms with Crippen LogP contribution in [-0.2, 0) is 10.0 Å². The molecule has 0 aromatic heterocycles. The molecule has 0 spiro atoms. The fourth-order valence-electron chi connectivity index (χ4n) is 1.42. The van der Waals surface area contributed by atoms with Crippen molar-refractivity contribution in [2.75, 3.05) is 36.2 Å². The van der Waals surface area contributed by atoms with Gasteiger partial charge in [0.15, 0.2) is 0 Å². The number of rotatable bonds is 5. The minimum Gasteiger partial charge on any atom is -0.399 e. The number of nitrogens with zero attached hydrogens (tertiary/aromatic N) is 1. The molecule has 1 aromatic rings. The molecule has 17 heavy (non-hydrogen) atoms. The van der Waals surface area contributed by atoms with Gasteiger partial charge in [-0.15, -0.1) is 0 Å². The van der Waals surface area contributed by atoms with Gasteiger partial charge < -0.3 is 10.6 Å². The summed E-state index contributed by atoms with van der Waals surface area (Å²) in [6.45, 7) is 0.744. The number of anilines is 2. The Bertz CT molecular complexity index is 488. The zero-order chi connectivity index (χ0) is 13.1. The van der Waals surface area contributed by atoms with Crippen LogP contribution in [0.4, 0.5) is 11.4 Å². The van der Waals surface area contributed by atoms with E-state index in [1.807, 2.05) is 18.2 Å². The first kappa shape index (κ1) is 14.1. The Morgan fingerprint density at radius 2 is 2.06 bits per heavy atom. The number of hydrogen-bond donors (Lipinski definition) is 2. The van der Waals surface area contributed by atoms with E-state index in [1.165, 1.54) is 6.07 Å². The van der Waals surface area contributed by atoms with Crippen molar-refractivity contribution in [2.24, 2.45) is 5.14 Å². The van der Waals surface area contributed by atoms with E-state index in [4.69, 9.17) is 10.9 Å². The number of hydrogen-bond acceptors (Lipinski definition) is 5. The second kappa shape index (κ2) is 5.61. The zero-order valence-electron chi connectivity index (χ0n) is 9.88. The van der Waals surface area contributed by atoms with Crippen molar-refractivity contribution in [2.45, 2.75) is 4.90 Å². The summed E-state index contributed by atoms with van der Waals surface area (Å²) in [5.41, 5.74) is 6.55. The number of thioether (sulfide) groups is 1. The van der Waals surface area contributed by atoms with Gasteiger partial charge in [-0.2, -0.15) is 11.8 Å². The van der Waals surface area contributed by atoms with Gasteiger partial charge in [-0.05, 0) is 24.5 Å². The lowest BCUT2D eigenvalue weighted by atomic mass is 10.2. The predicted molar refractivity (Wildman–Crippen MR) is 73.9 cm³/mol. The minimum absolute atomic E-state index is 0.0705. The number of sulfonamides is 1. The highest BCUT2D eigenvalue weighted by Crippen LogP contribution is 2.25. The molecule has 1 aromatic carbocycles. The Morgan fingerprint density at radius 1 is 1.41 bits per heavy atom. The lowest BCUT2D eigenvalue weighted by Crippen LogP contribution is -2.24. The summed E-state index contributed by atoms with van der Waals surface area (Å²) in [7, 11) is -1.92. The summed E-state index contributed by atoms with van der Waals surface area (Å²) < 4.78 is 22.9. The van der Waals surface area contributed by atoms with Gasteiger partial charge in [0.1, 0.15) is 4.90 Å². The maximum absolute atomic E-state index is 11.5. The lowest BCUT2D eigenvalue weighted by molar-refractivity contribution is 0.597. The topological polar surface area (TPSA) is 89.4 Å². The predicted octanol–water partition coefficient (Wildman–Crippen LogP) is 0.715. The third kappa shape index (κ3) is 3.79. The first-order chi connectivity index (χ1) is 7.86. The molecule has 0 saturated carbocycles. The van der Waals surface area contributed by atoms with Gasteiger partial charge >= 0.3 is 0 Å². The smallest absolute Gasteiger partial charge is 0.240 e. The highest BCUT2D eigenvalue weighted by Gasteiger charge is 2.16. The monoisotopic (exact) mass is 275 g/mol. The molecular weight excluding hydrogens is 258 g/mol. The summed E-state index contributed by atoms with van der Waals surface area (Å²) in [6, 6.07) is 4.73. The molecule has 7 heteroatoms. The molecule has 0 aliphatic rings. The van der Waals surface area contributed by atoms with Gasteiger partial charge in [-0.3, -0.25) is 0 Å². The van der Waals surface area contributed by atoms with E-state index in [0.29, 0.717) is 11.4 Å². The van der Waals surface area contributed by atoms with E-state index >= 15 is 0 Å². The second-order valence-corrected chi connectivity index (χ2v) is 6.20. The molecule has 0 unspecified atom stereocenters. The Labute approximate surface area is 106 Å². The third-order valence-electron chi connectivity index (χ3n) is 2.33.